The third-order valence-corrected chi connectivity index (χ3v) is 4.93. The van der Waals surface area contributed by atoms with Crippen LogP contribution in [-0.2, 0) is 11.3 Å². The fraction of sp³-hybridized carbons (Fsp3) is 0.611. The molecule has 3 rings (SSSR count). The average Bonchev–Trinajstić information content (AvgIpc) is 3.07. The first-order valence-electron chi connectivity index (χ1n) is 8.53. The van der Waals surface area contributed by atoms with Gasteiger partial charge in [-0.05, 0) is 43.4 Å². The zero-order valence-electron chi connectivity index (χ0n) is 13.6. The van der Waals surface area contributed by atoms with Crippen LogP contribution in [0.5, 0.6) is 0 Å². The second-order valence-corrected chi connectivity index (χ2v) is 6.49. The van der Waals surface area contributed by atoms with Gasteiger partial charge in [0.25, 0.3) is 0 Å². The Morgan fingerprint density at radius 3 is 2.77 bits per heavy atom. The van der Waals surface area contributed by atoms with Gasteiger partial charge in [0.05, 0.1) is 6.04 Å². The van der Waals surface area contributed by atoms with Crippen LogP contribution in [-0.4, -0.2) is 52.5 Å². The summed E-state index contributed by atoms with van der Waals surface area (Å²) >= 11 is 0. The van der Waals surface area contributed by atoms with Gasteiger partial charge < -0.3 is 9.47 Å². The molecule has 0 spiro atoms. The molecule has 2 aliphatic heterocycles. The van der Waals surface area contributed by atoms with E-state index >= 15 is 0 Å². The third kappa shape index (κ3) is 3.61. The van der Waals surface area contributed by atoms with Crippen LogP contribution >= 0.6 is 0 Å². The second kappa shape index (κ2) is 7.14. The van der Waals surface area contributed by atoms with Crippen LogP contribution in [0, 0.1) is 0 Å². The minimum absolute atomic E-state index is 0.232. The van der Waals surface area contributed by atoms with Crippen molar-refractivity contribution in [2.24, 2.45) is 0 Å². The van der Waals surface area contributed by atoms with Crippen LogP contribution < -0.4 is 0 Å². The van der Waals surface area contributed by atoms with Crippen molar-refractivity contribution in [2.45, 2.75) is 45.2 Å². The molecule has 1 fully saturated rings. The van der Waals surface area contributed by atoms with Crippen molar-refractivity contribution in [1.29, 1.82) is 0 Å². The molecule has 0 bridgehead atoms. The highest BCUT2D eigenvalue weighted by atomic mass is 16.2. The van der Waals surface area contributed by atoms with E-state index in [1.165, 1.54) is 12.0 Å². The molecule has 1 saturated heterocycles. The second-order valence-electron chi connectivity index (χ2n) is 6.49. The number of likely N-dealkylation sites (tertiary alicyclic amines) is 1. The lowest BCUT2D eigenvalue weighted by Gasteiger charge is -2.40. The molecule has 1 atom stereocenters. The molecule has 2 aliphatic rings. The van der Waals surface area contributed by atoms with Crippen LogP contribution in [0.25, 0.3) is 0 Å². The summed E-state index contributed by atoms with van der Waals surface area (Å²) in [6.07, 6.45) is 11.3. The molecule has 1 aromatic heterocycles. The van der Waals surface area contributed by atoms with Crippen molar-refractivity contribution < 1.29 is 4.79 Å². The van der Waals surface area contributed by atoms with E-state index in [4.69, 9.17) is 0 Å². The number of piperidine rings is 1. The maximum Gasteiger partial charge on any atom is 0.219 e. The number of carbonyl (C=O) groups is 1. The predicted octanol–water partition coefficient (Wildman–Crippen LogP) is 2.52. The van der Waals surface area contributed by atoms with E-state index in [0.717, 1.165) is 52.0 Å². The van der Waals surface area contributed by atoms with Gasteiger partial charge in [-0.1, -0.05) is 6.08 Å². The topological polar surface area (TPSA) is 28.5 Å². The molecule has 0 aliphatic carbocycles. The third-order valence-electron chi connectivity index (χ3n) is 4.93. The monoisotopic (exact) mass is 301 g/mol. The Hall–Kier alpha value is -1.55. The van der Waals surface area contributed by atoms with Gasteiger partial charge in [0.2, 0.25) is 5.91 Å². The van der Waals surface area contributed by atoms with Gasteiger partial charge in [0.15, 0.2) is 0 Å². The summed E-state index contributed by atoms with van der Waals surface area (Å²) in [5.74, 6) is 0.232. The lowest BCUT2D eigenvalue weighted by molar-refractivity contribution is -0.131. The molecule has 1 amide bonds. The number of aromatic nitrogens is 1. The van der Waals surface area contributed by atoms with Crippen LogP contribution in [0.4, 0.5) is 0 Å². The summed E-state index contributed by atoms with van der Waals surface area (Å²) in [6, 6.07) is 4.50. The van der Waals surface area contributed by atoms with Gasteiger partial charge in [0, 0.05) is 52.0 Å². The van der Waals surface area contributed by atoms with E-state index in [2.05, 4.69) is 45.0 Å². The SMILES string of the molecule is CC(=O)N1CCCC[C@H]1C1=CCCN(CCn2cccc2)C1. The molecule has 0 aromatic carbocycles. The Bertz CT molecular complexity index is 520. The Labute approximate surface area is 133 Å². The Morgan fingerprint density at radius 1 is 1.18 bits per heavy atom. The van der Waals surface area contributed by atoms with E-state index in [1.807, 2.05) is 0 Å². The molecule has 120 valence electrons. The van der Waals surface area contributed by atoms with E-state index in [0.29, 0.717) is 6.04 Å². The summed E-state index contributed by atoms with van der Waals surface area (Å²) in [4.78, 5) is 16.5. The fourth-order valence-corrected chi connectivity index (χ4v) is 3.74. The lowest BCUT2D eigenvalue weighted by Crippen LogP contribution is -2.47. The summed E-state index contributed by atoms with van der Waals surface area (Å²) in [7, 11) is 0. The summed E-state index contributed by atoms with van der Waals surface area (Å²) < 4.78 is 2.24. The maximum atomic E-state index is 11.9. The molecule has 0 radical (unpaired) electrons. The maximum absolute atomic E-state index is 11.9. The van der Waals surface area contributed by atoms with Crippen molar-refractivity contribution in [2.75, 3.05) is 26.2 Å². The number of nitrogens with zero attached hydrogens (tertiary/aromatic N) is 3. The zero-order chi connectivity index (χ0) is 15.4. The number of amides is 1. The quantitative estimate of drug-likeness (QED) is 0.800. The first kappa shape index (κ1) is 15.3. The normalized spacial score (nSPS) is 23.4. The Morgan fingerprint density at radius 2 is 2.00 bits per heavy atom. The smallest absolute Gasteiger partial charge is 0.219 e. The van der Waals surface area contributed by atoms with Crippen LogP contribution in [0.15, 0.2) is 36.2 Å². The molecule has 3 heterocycles. The number of rotatable bonds is 4. The van der Waals surface area contributed by atoms with E-state index < -0.39 is 0 Å². The molecule has 0 saturated carbocycles. The van der Waals surface area contributed by atoms with Gasteiger partial charge in [-0.3, -0.25) is 9.69 Å². The summed E-state index contributed by atoms with van der Waals surface area (Å²) in [5.41, 5.74) is 1.47. The van der Waals surface area contributed by atoms with Crippen molar-refractivity contribution in [3.63, 3.8) is 0 Å². The highest BCUT2D eigenvalue weighted by Crippen LogP contribution is 2.26. The number of hydrogen-bond donors (Lipinski definition) is 0. The number of hydrogen-bond acceptors (Lipinski definition) is 2. The Balaban J connectivity index is 1.59. The van der Waals surface area contributed by atoms with Gasteiger partial charge >= 0.3 is 0 Å². The predicted molar refractivity (Wildman–Crippen MR) is 88.6 cm³/mol. The molecular weight excluding hydrogens is 274 g/mol. The lowest BCUT2D eigenvalue weighted by atomic mass is 9.92. The van der Waals surface area contributed by atoms with Gasteiger partial charge in [0.1, 0.15) is 0 Å². The molecule has 0 N–H and O–H groups in total. The van der Waals surface area contributed by atoms with Crippen LogP contribution in [0.1, 0.15) is 32.6 Å². The summed E-state index contributed by atoms with van der Waals surface area (Å²) in [5, 5.41) is 0. The molecular formula is C18H27N3O. The number of carbonyl (C=O) groups excluding carboxylic acids is 1. The van der Waals surface area contributed by atoms with Crippen LogP contribution in [0.2, 0.25) is 0 Å². The van der Waals surface area contributed by atoms with Crippen molar-refractivity contribution in [3.05, 3.63) is 36.2 Å². The van der Waals surface area contributed by atoms with E-state index in [9.17, 15) is 4.79 Å². The van der Waals surface area contributed by atoms with Gasteiger partial charge in [-0.25, -0.2) is 0 Å². The highest BCUT2D eigenvalue weighted by molar-refractivity contribution is 5.74. The highest BCUT2D eigenvalue weighted by Gasteiger charge is 2.29. The van der Waals surface area contributed by atoms with E-state index in [1.54, 1.807) is 6.92 Å². The first-order valence-corrected chi connectivity index (χ1v) is 8.53. The van der Waals surface area contributed by atoms with Crippen molar-refractivity contribution >= 4 is 5.91 Å². The summed E-state index contributed by atoms with van der Waals surface area (Å²) in [6.45, 7) is 6.93. The fourth-order valence-electron chi connectivity index (χ4n) is 3.74. The average molecular weight is 301 g/mol. The first-order chi connectivity index (χ1) is 10.7. The van der Waals surface area contributed by atoms with E-state index in [-0.39, 0.29) is 5.91 Å². The van der Waals surface area contributed by atoms with Crippen molar-refractivity contribution in [1.82, 2.24) is 14.4 Å². The van der Waals surface area contributed by atoms with Gasteiger partial charge in [-0.15, -0.1) is 0 Å². The van der Waals surface area contributed by atoms with Crippen LogP contribution in [0.3, 0.4) is 0 Å². The molecule has 4 nitrogen and oxygen atoms in total. The standard InChI is InChI=1S/C18H27N3O/c1-16(22)21-12-3-2-8-18(21)17-7-6-11-20(15-17)14-13-19-9-4-5-10-19/h4-5,7,9-10,18H,2-3,6,8,11-15H2,1H3/t18-/m0/s1. The molecule has 1 aromatic rings. The zero-order valence-corrected chi connectivity index (χ0v) is 13.6. The minimum Gasteiger partial charge on any atom is -0.353 e. The molecule has 4 heteroatoms. The van der Waals surface area contributed by atoms with Crippen molar-refractivity contribution in [3.8, 4) is 0 Å². The minimum atomic E-state index is 0.232. The Kier molecular flexibility index (Phi) is 4.98. The largest absolute Gasteiger partial charge is 0.353 e. The molecule has 0 unspecified atom stereocenters. The molecule has 22 heavy (non-hydrogen) atoms. The van der Waals surface area contributed by atoms with Gasteiger partial charge in [-0.2, -0.15) is 0 Å².